The average molecular weight is 553 g/mol. The number of nitrogens with one attached hydrogen (secondary N) is 1. The maximum absolute atomic E-state index is 13.6. The molecule has 4 saturated carbocycles. The van der Waals surface area contributed by atoms with E-state index in [1.54, 1.807) is 23.9 Å². The lowest BCUT2D eigenvalue weighted by atomic mass is 9.37. The Balaban J connectivity index is 1.36. The highest BCUT2D eigenvalue weighted by Crippen LogP contribution is 2.71. The Labute approximate surface area is 240 Å². The molecule has 4 fully saturated rings. The molecule has 5 aliphatic carbocycles. The van der Waals surface area contributed by atoms with Crippen molar-refractivity contribution < 1.29 is 9.90 Å². The van der Waals surface area contributed by atoms with E-state index in [2.05, 4.69) is 57.9 Å². The molecule has 8 unspecified atom stereocenters. The fourth-order valence-corrected chi connectivity index (χ4v) is 11.2. The molecule has 2 N–H and O–H groups in total. The topological polar surface area (TPSA) is 62.2 Å². The van der Waals surface area contributed by atoms with Gasteiger partial charge in [-0.2, -0.15) is 0 Å². The van der Waals surface area contributed by atoms with Gasteiger partial charge in [-0.05, 0) is 116 Å². The van der Waals surface area contributed by atoms with E-state index in [1.165, 1.54) is 12.8 Å². The summed E-state index contributed by atoms with van der Waals surface area (Å²) in [6.07, 6.45) is 15.2. The number of aliphatic hydroxyl groups excluding tert-OH is 1. The first-order valence-corrected chi connectivity index (χ1v) is 15.9. The summed E-state index contributed by atoms with van der Waals surface area (Å²) in [6.45, 7) is 14.7. The number of rotatable bonds is 2. The van der Waals surface area contributed by atoms with Crippen molar-refractivity contribution in [1.82, 2.24) is 10.3 Å². The molecule has 0 spiro atoms. The second-order valence-corrected chi connectivity index (χ2v) is 16.3. The Bertz CT molecular complexity index is 1190. The predicted molar refractivity (Wildman–Crippen MR) is 157 cm³/mol. The van der Waals surface area contributed by atoms with E-state index >= 15 is 0 Å². The molecular formula is C34H49ClN2O2. The van der Waals surface area contributed by atoms with Crippen LogP contribution in [0.1, 0.15) is 116 Å². The minimum atomic E-state index is -0.213. The quantitative estimate of drug-likeness (QED) is 0.288. The summed E-state index contributed by atoms with van der Waals surface area (Å²) in [6, 6.07) is 3.59. The van der Waals surface area contributed by atoms with Crippen molar-refractivity contribution in [3.8, 4) is 0 Å². The van der Waals surface area contributed by atoms with Crippen LogP contribution in [0.4, 0.5) is 0 Å². The average Bonchev–Trinajstić information content (AvgIpc) is 2.86. The molecule has 8 atom stereocenters. The molecule has 0 aromatic carbocycles. The van der Waals surface area contributed by atoms with Gasteiger partial charge in [-0.3, -0.25) is 4.79 Å². The first kappa shape index (κ1) is 27.8. The number of hydrogen-bond donors (Lipinski definition) is 2. The van der Waals surface area contributed by atoms with E-state index in [1.807, 2.05) is 0 Å². The Morgan fingerprint density at radius 2 is 1.69 bits per heavy atom. The number of hydrogen-bond acceptors (Lipinski definition) is 3. The third-order valence-corrected chi connectivity index (χ3v) is 13.5. The molecule has 39 heavy (non-hydrogen) atoms. The van der Waals surface area contributed by atoms with Gasteiger partial charge in [0, 0.05) is 17.7 Å². The monoisotopic (exact) mass is 552 g/mol. The molecule has 214 valence electrons. The van der Waals surface area contributed by atoms with Crippen molar-refractivity contribution in [1.29, 1.82) is 0 Å². The van der Waals surface area contributed by atoms with Gasteiger partial charge in [-0.15, -0.1) is 0 Å². The SMILES string of the molecule is CC1(C)CCC2(NC(=O)c3cccnc3Cl)CCC3C(=CCC4C3(C)CCC3C(C)(C)C(O)CCC34C)C2C1. The van der Waals surface area contributed by atoms with Crippen molar-refractivity contribution in [2.24, 2.45) is 45.3 Å². The Kier molecular flexibility index (Phi) is 6.44. The van der Waals surface area contributed by atoms with Crippen molar-refractivity contribution in [2.75, 3.05) is 0 Å². The van der Waals surface area contributed by atoms with Gasteiger partial charge >= 0.3 is 0 Å². The summed E-state index contributed by atoms with van der Waals surface area (Å²) in [7, 11) is 0. The van der Waals surface area contributed by atoms with E-state index in [4.69, 9.17) is 11.6 Å². The number of aliphatic hydroxyl groups is 1. The summed E-state index contributed by atoms with van der Waals surface area (Å²) in [5.41, 5.74) is 2.69. The van der Waals surface area contributed by atoms with Crippen LogP contribution in [0.5, 0.6) is 0 Å². The molecular weight excluding hydrogens is 504 g/mol. The lowest BCUT2D eigenvalue weighted by Crippen LogP contribution is -2.65. The molecule has 0 aliphatic heterocycles. The lowest BCUT2D eigenvalue weighted by Gasteiger charge is -2.68. The van der Waals surface area contributed by atoms with Crippen LogP contribution >= 0.6 is 11.6 Å². The number of nitrogens with zero attached hydrogens (tertiary/aromatic N) is 1. The minimum absolute atomic E-state index is 0.0225. The van der Waals surface area contributed by atoms with Gasteiger partial charge in [0.15, 0.2) is 0 Å². The fraction of sp³-hybridized carbons (Fsp3) is 0.765. The Hall–Kier alpha value is -1.39. The Morgan fingerprint density at radius 1 is 0.949 bits per heavy atom. The summed E-state index contributed by atoms with van der Waals surface area (Å²) >= 11 is 6.36. The zero-order chi connectivity index (χ0) is 28.0. The van der Waals surface area contributed by atoms with Crippen molar-refractivity contribution in [3.63, 3.8) is 0 Å². The standard InChI is InChI=1S/C34H49ClN2O2/c1-30(2)17-18-34(37-29(39)22-8-7-19-36-28(22)35)16-11-23-21(24(34)20-30)9-10-26-32(23,5)14-12-25-31(3,4)27(38)13-15-33(25,26)6/h7-9,19,23-27,38H,10-18,20H2,1-6H3,(H,37,39). The van der Waals surface area contributed by atoms with E-state index in [0.29, 0.717) is 29.2 Å². The number of fused-ring (bicyclic) bond motifs is 7. The highest BCUT2D eigenvalue weighted by Gasteiger charge is 2.65. The molecule has 1 aromatic heterocycles. The second kappa shape index (κ2) is 9.05. The normalized spacial score (nSPS) is 44.1. The number of carbonyl (C=O) groups excluding carboxylic acids is 1. The number of allylic oxidation sites excluding steroid dienone is 1. The lowest BCUT2D eigenvalue weighted by molar-refractivity contribution is -0.184. The van der Waals surface area contributed by atoms with E-state index in [9.17, 15) is 9.90 Å². The zero-order valence-corrected chi connectivity index (χ0v) is 25.7. The van der Waals surface area contributed by atoms with Gasteiger partial charge in [-0.25, -0.2) is 4.98 Å². The minimum Gasteiger partial charge on any atom is -0.393 e. The van der Waals surface area contributed by atoms with Gasteiger partial charge in [0.05, 0.1) is 11.7 Å². The maximum atomic E-state index is 13.6. The van der Waals surface area contributed by atoms with Crippen LogP contribution in [0.3, 0.4) is 0 Å². The molecule has 1 amide bonds. The maximum Gasteiger partial charge on any atom is 0.254 e. The smallest absolute Gasteiger partial charge is 0.254 e. The summed E-state index contributed by atoms with van der Waals surface area (Å²) < 4.78 is 0. The van der Waals surface area contributed by atoms with Crippen LogP contribution in [-0.4, -0.2) is 27.6 Å². The summed E-state index contributed by atoms with van der Waals surface area (Å²) in [5, 5.41) is 14.8. The molecule has 0 radical (unpaired) electrons. The van der Waals surface area contributed by atoms with Crippen LogP contribution in [0.25, 0.3) is 0 Å². The molecule has 5 aliphatic rings. The highest BCUT2D eigenvalue weighted by atomic mass is 35.5. The van der Waals surface area contributed by atoms with Crippen molar-refractivity contribution >= 4 is 17.5 Å². The molecule has 1 aromatic rings. The highest BCUT2D eigenvalue weighted by molar-refractivity contribution is 6.32. The molecule has 4 nitrogen and oxygen atoms in total. The molecule has 0 bridgehead atoms. The van der Waals surface area contributed by atoms with Crippen LogP contribution in [-0.2, 0) is 0 Å². The van der Waals surface area contributed by atoms with Crippen LogP contribution in [0.2, 0.25) is 5.15 Å². The van der Waals surface area contributed by atoms with E-state index in [-0.39, 0.29) is 44.4 Å². The third-order valence-electron chi connectivity index (χ3n) is 13.2. The number of pyridine rings is 1. The molecule has 6 rings (SSSR count). The molecule has 1 heterocycles. The molecule has 0 saturated heterocycles. The fourth-order valence-electron chi connectivity index (χ4n) is 11.0. The molecule has 5 heteroatoms. The van der Waals surface area contributed by atoms with E-state index in [0.717, 1.165) is 51.4 Å². The van der Waals surface area contributed by atoms with Gasteiger partial charge in [0.2, 0.25) is 0 Å². The third kappa shape index (κ3) is 4.09. The zero-order valence-electron chi connectivity index (χ0n) is 24.9. The first-order chi connectivity index (χ1) is 18.2. The van der Waals surface area contributed by atoms with Gasteiger partial charge in [-0.1, -0.05) is 64.8 Å². The van der Waals surface area contributed by atoms with Crippen molar-refractivity contribution in [3.05, 3.63) is 40.7 Å². The van der Waals surface area contributed by atoms with Crippen molar-refractivity contribution in [2.45, 2.75) is 117 Å². The van der Waals surface area contributed by atoms with E-state index < -0.39 is 0 Å². The van der Waals surface area contributed by atoms with Gasteiger partial charge in [0.1, 0.15) is 5.15 Å². The van der Waals surface area contributed by atoms with Gasteiger partial charge in [0.25, 0.3) is 5.91 Å². The van der Waals surface area contributed by atoms with Gasteiger partial charge < -0.3 is 10.4 Å². The predicted octanol–water partition coefficient (Wildman–Crippen LogP) is 7.99. The van der Waals surface area contributed by atoms with Crippen LogP contribution in [0, 0.1) is 45.3 Å². The summed E-state index contributed by atoms with van der Waals surface area (Å²) in [4.78, 5) is 17.8. The number of amides is 1. The second-order valence-electron chi connectivity index (χ2n) is 15.9. The number of halogens is 1. The number of aromatic nitrogens is 1. The Morgan fingerprint density at radius 3 is 2.44 bits per heavy atom. The number of carbonyl (C=O) groups is 1. The summed E-state index contributed by atoms with van der Waals surface area (Å²) in [5.74, 6) is 2.09. The largest absolute Gasteiger partial charge is 0.393 e. The first-order valence-electron chi connectivity index (χ1n) is 15.5. The van der Waals surface area contributed by atoms with Crippen LogP contribution < -0.4 is 5.32 Å². The van der Waals surface area contributed by atoms with Crippen LogP contribution in [0.15, 0.2) is 30.0 Å².